The van der Waals surface area contributed by atoms with E-state index in [4.69, 9.17) is 9.47 Å². The third-order valence-electron chi connectivity index (χ3n) is 8.41. The third-order valence-corrected chi connectivity index (χ3v) is 8.41. The largest absolute Gasteiger partial charge is 0.481 e. The van der Waals surface area contributed by atoms with E-state index in [0.29, 0.717) is 31.1 Å². The van der Waals surface area contributed by atoms with Gasteiger partial charge in [-0.05, 0) is 51.1 Å². The first kappa shape index (κ1) is 24.3. The van der Waals surface area contributed by atoms with Crippen molar-refractivity contribution in [2.24, 2.45) is 5.92 Å². The summed E-state index contributed by atoms with van der Waals surface area (Å²) in [5, 5.41) is 10.3. The van der Waals surface area contributed by atoms with Crippen molar-refractivity contribution in [1.82, 2.24) is 30.3 Å². The minimum atomic E-state index is -0.531. The molecule has 0 aromatic carbocycles. The SMILES string of the molecule is COc1cc(-c2cc(C(=O)N3CC[C@H](C(=O)N[C@@H]4CCCN(C5COC5)C4)CC34CC4)n[nH]2)c(F)cn1. The van der Waals surface area contributed by atoms with Crippen LogP contribution in [0.1, 0.15) is 49.0 Å². The second kappa shape index (κ2) is 9.68. The maximum Gasteiger partial charge on any atom is 0.274 e. The minimum Gasteiger partial charge on any atom is -0.481 e. The van der Waals surface area contributed by atoms with E-state index in [0.717, 1.165) is 58.2 Å². The summed E-state index contributed by atoms with van der Waals surface area (Å²) in [7, 11) is 1.46. The van der Waals surface area contributed by atoms with Crippen LogP contribution in [-0.2, 0) is 9.53 Å². The normalized spacial score (nSPS) is 25.5. The van der Waals surface area contributed by atoms with Crippen molar-refractivity contribution in [1.29, 1.82) is 0 Å². The number of carbonyl (C=O) groups is 2. The zero-order chi connectivity index (χ0) is 25.6. The molecule has 4 fully saturated rings. The molecule has 0 radical (unpaired) electrons. The first-order chi connectivity index (χ1) is 18.0. The van der Waals surface area contributed by atoms with Gasteiger partial charge in [-0.2, -0.15) is 5.10 Å². The van der Waals surface area contributed by atoms with Gasteiger partial charge in [0.2, 0.25) is 11.8 Å². The Bertz CT molecular complexity index is 1180. The van der Waals surface area contributed by atoms with Crippen LogP contribution in [-0.4, -0.2) is 94.4 Å². The van der Waals surface area contributed by atoms with Crippen LogP contribution < -0.4 is 10.1 Å². The number of piperidine rings is 2. The van der Waals surface area contributed by atoms with Crippen LogP contribution in [0.5, 0.6) is 5.88 Å². The number of nitrogens with one attached hydrogen (secondary N) is 2. The number of methoxy groups -OCH3 is 1. The molecule has 2 N–H and O–H groups in total. The number of halogens is 1. The third kappa shape index (κ3) is 4.70. The highest BCUT2D eigenvalue weighted by molar-refractivity contribution is 5.94. The Morgan fingerprint density at radius 1 is 1.24 bits per heavy atom. The lowest BCUT2D eigenvalue weighted by Gasteiger charge is -2.43. The second-order valence-electron chi connectivity index (χ2n) is 10.8. The number of pyridine rings is 1. The number of hydrogen-bond donors (Lipinski definition) is 2. The van der Waals surface area contributed by atoms with Crippen molar-refractivity contribution in [2.45, 2.75) is 56.1 Å². The van der Waals surface area contributed by atoms with Gasteiger partial charge >= 0.3 is 0 Å². The van der Waals surface area contributed by atoms with Crippen LogP contribution in [0.15, 0.2) is 18.3 Å². The van der Waals surface area contributed by atoms with Crippen molar-refractivity contribution >= 4 is 11.8 Å². The molecule has 11 heteroatoms. The Morgan fingerprint density at radius 2 is 2.08 bits per heavy atom. The Hall–Kier alpha value is -3.05. The average Bonchev–Trinajstić information content (AvgIpc) is 3.44. The number of nitrogens with zero attached hydrogens (tertiary/aromatic N) is 4. The minimum absolute atomic E-state index is 0.0953. The molecule has 37 heavy (non-hydrogen) atoms. The van der Waals surface area contributed by atoms with Crippen LogP contribution in [0.2, 0.25) is 0 Å². The van der Waals surface area contributed by atoms with Gasteiger partial charge in [0.05, 0.1) is 38.3 Å². The van der Waals surface area contributed by atoms with E-state index in [-0.39, 0.29) is 46.5 Å². The summed E-state index contributed by atoms with van der Waals surface area (Å²) in [5.41, 5.74) is 0.571. The van der Waals surface area contributed by atoms with Gasteiger partial charge in [-0.15, -0.1) is 0 Å². The van der Waals surface area contributed by atoms with Crippen LogP contribution in [0.4, 0.5) is 4.39 Å². The summed E-state index contributed by atoms with van der Waals surface area (Å²) in [6.07, 6.45) is 6.23. The summed E-state index contributed by atoms with van der Waals surface area (Å²) < 4.78 is 24.8. The monoisotopic (exact) mass is 512 g/mol. The molecule has 0 unspecified atom stereocenters. The molecule has 1 saturated carbocycles. The summed E-state index contributed by atoms with van der Waals surface area (Å²) in [5.74, 6) is -0.433. The predicted molar refractivity (Wildman–Crippen MR) is 131 cm³/mol. The highest BCUT2D eigenvalue weighted by atomic mass is 19.1. The quantitative estimate of drug-likeness (QED) is 0.609. The Balaban J connectivity index is 1.09. The molecule has 198 valence electrons. The van der Waals surface area contributed by atoms with Crippen molar-refractivity contribution in [2.75, 3.05) is 40.0 Å². The first-order valence-corrected chi connectivity index (χ1v) is 13.2. The molecule has 6 rings (SSSR count). The fourth-order valence-corrected chi connectivity index (χ4v) is 6.01. The number of ether oxygens (including phenoxy) is 2. The molecule has 3 saturated heterocycles. The lowest BCUT2D eigenvalue weighted by atomic mass is 9.87. The van der Waals surface area contributed by atoms with E-state index >= 15 is 0 Å². The number of hydrogen-bond acceptors (Lipinski definition) is 7. The van der Waals surface area contributed by atoms with E-state index in [1.165, 1.54) is 13.2 Å². The number of amides is 2. The summed E-state index contributed by atoms with van der Waals surface area (Å²) in [6, 6.07) is 3.70. The molecule has 4 aliphatic rings. The summed E-state index contributed by atoms with van der Waals surface area (Å²) in [4.78, 5) is 34.8. The first-order valence-electron chi connectivity index (χ1n) is 13.2. The number of likely N-dealkylation sites (tertiary alicyclic amines) is 2. The van der Waals surface area contributed by atoms with E-state index < -0.39 is 5.82 Å². The molecule has 2 aromatic heterocycles. The smallest absolute Gasteiger partial charge is 0.274 e. The molecule has 10 nitrogen and oxygen atoms in total. The predicted octanol–water partition coefficient (Wildman–Crippen LogP) is 1.98. The van der Waals surface area contributed by atoms with Gasteiger partial charge in [0, 0.05) is 42.2 Å². The van der Waals surface area contributed by atoms with Gasteiger partial charge in [-0.25, -0.2) is 9.37 Å². The van der Waals surface area contributed by atoms with Crippen molar-refractivity contribution in [3.63, 3.8) is 0 Å². The molecule has 0 bridgehead atoms. The number of H-pyrrole nitrogens is 1. The Labute approximate surface area is 214 Å². The van der Waals surface area contributed by atoms with Gasteiger partial charge in [-0.1, -0.05) is 0 Å². The van der Waals surface area contributed by atoms with Crippen LogP contribution in [0.3, 0.4) is 0 Å². The molecule has 5 heterocycles. The molecule has 1 spiro atoms. The number of aromatic amines is 1. The van der Waals surface area contributed by atoms with E-state index in [2.05, 4.69) is 25.4 Å². The van der Waals surface area contributed by atoms with Gasteiger partial charge in [-0.3, -0.25) is 19.6 Å². The van der Waals surface area contributed by atoms with E-state index in [1.807, 2.05) is 4.90 Å². The fraction of sp³-hybridized carbons (Fsp3) is 0.615. The molecule has 1 aliphatic carbocycles. The second-order valence-corrected chi connectivity index (χ2v) is 10.8. The maximum absolute atomic E-state index is 14.4. The molecule has 2 amide bonds. The van der Waals surface area contributed by atoms with Gasteiger partial charge in [0.15, 0.2) is 11.5 Å². The maximum atomic E-state index is 14.4. The standard InChI is InChI=1S/C26H33FN6O4/c1-36-23-9-19(20(27)12-28-23)21-10-22(31-30-21)25(35)33-8-4-16(11-26(33)5-6-26)24(34)29-17-3-2-7-32(13-17)18-14-37-15-18/h9-10,12,16-18H,2-8,11,13-15H2,1H3,(H,29,34)(H,30,31)/t16-,17+/m0/s1. The van der Waals surface area contributed by atoms with Crippen LogP contribution >= 0.6 is 0 Å². The Kier molecular flexibility index (Phi) is 6.36. The highest BCUT2D eigenvalue weighted by Crippen LogP contribution is 2.50. The van der Waals surface area contributed by atoms with Gasteiger partial charge in [0.1, 0.15) is 0 Å². The number of carbonyl (C=O) groups excluding carboxylic acids is 2. The lowest BCUT2D eigenvalue weighted by molar-refractivity contribution is -0.129. The van der Waals surface area contributed by atoms with E-state index in [9.17, 15) is 14.0 Å². The van der Waals surface area contributed by atoms with Gasteiger partial charge < -0.3 is 19.7 Å². The van der Waals surface area contributed by atoms with Gasteiger partial charge in [0.25, 0.3) is 5.91 Å². The molecular formula is C26H33FN6O4. The van der Waals surface area contributed by atoms with Crippen molar-refractivity contribution < 1.29 is 23.5 Å². The summed E-state index contributed by atoms with van der Waals surface area (Å²) >= 11 is 0. The zero-order valence-corrected chi connectivity index (χ0v) is 21.0. The van der Waals surface area contributed by atoms with Crippen molar-refractivity contribution in [3.8, 4) is 17.1 Å². The van der Waals surface area contributed by atoms with Crippen molar-refractivity contribution in [3.05, 3.63) is 29.8 Å². The number of aromatic nitrogens is 3. The van der Waals surface area contributed by atoms with Crippen LogP contribution in [0.25, 0.3) is 11.3 Å². The van der Waals surface area contributed by atoms with E-state index in [1.54, 1.807) is 6.07 Å². The number of rotatable bonds is 6. The molecule has 2 aromatic rings. The fourth-order valence-electron chi connectivity index (χ4n) is 6.01. The molecule has 2 atom stereocenters. The zero-order valence-electron chi connectivity index (χ0n) is 21.0. The Morgan fingerprint density at radius 3 is 2.81 bits per heavy atom. The molecule has 3 aliphatic heterocycles. The molecular weight excluding hydrogens is 479 g/mol. The topological polar surface area (TPSA) is 113 Å². The average molecular weight is 513 g/mol. The van der Waals surface area contributed by atoms with Crippen LogP contribution in [0, 0.1) is 11.7 Å². The highest BCUT2D eigenvalue weighted by Gasteiger charge is 2.55. The lowest BCUT2D eigenvalue weighted by Crippen LogP contribution is -2.58. The summed E-state index contributed by atoms with van der Waals surface area (Å²) in [6.45, 7) is 4.04.